The highest BCUT2D eigenvalue weighted by atomic mass is 32.2. The number of aromatic nitrogens is 2. The van der Waals surface area contributed by atoms with E-state index in [0.29, 0.717) is 11.8 Å². The lowest BCUT2D eigenvalue weighted by Crippen LogP contribution is -2.26. The zero-order valence-electron chi connectivity index (χ0n) is 19.5. The zero-order chi connectivity index (χ0) is 22.7. The van der Waals surface area contributed by atoms with Crippen molar-refractivity contribution in [1.29, 1.82) is 0 Å². The summed E-state index contributed by atoms with van der Waals surface area (Å²) in [6.45, 7) is 8.54. The van der Waals surface area contributed by atoms with Crippen LogP contribution in [-0.4, -0.2) is 27.1 Å². The van der Waals surface area contributed by atoms with Crippen molar-refractivity contribution >= 4 is 16.7 Å². The predicted molar refractivity (Wildman–Crippen MR) is 133 cm³/mol. The van der Waals surface area contributed by atoms with Crippen LogP contribution in [0.3, 0.4) is 0 Å². The summed E-state index contributed by atoms with van der Waals surface area (Å²) in [7, 11) is 0.591. The Morgan fingerprint density at radius 2 is 1.84 bits per heavy atom. The quantitative estimate of drug-likeness (QED) is 0.520. The van der Waals surface area contributed by atoms with E-state index in [1.165, 1.54) is 24.0 Å². The van der Waals surface area contributed by atoms with Gasteiger partial charge in [-0.1, -0.05) is 50.2 Å². The summed E-state index contributed by atoms with van der Waals surface area (Å²) < 4.78 is 18.2. The van der Waals surface area contributed by atoms with Crippen LogP contribution in [0.2, 0.25) is 0 Å². The number of piperidine rings is 1. The fourth-order valence-corrected chi connectivity index (χ4v) is 5.34. The molecule has 4 rings (SSSR count). The Labute approximate surface area is 194 Å². The number of nitrogens with zero attached hydrogens (tertiary/aromatic N) is 2. The molecule has 32 heavy (non-hydrogen) atoms. The Balaban J connectivity index is 1.50. The molecule has 0 bridgehead atoms. The van der Waals surface area contributed by atoms with Gasteiger partial charge in [0.1, 0.15) is 11.0 Å². The smallest absolute Gasteiger partial charge is 0.150 e. The van der Waals surface area contributed by atoms with Crippen molar-refractivity contribution in [3.05, 3.63) is 65.5 Å². The summed E-state index contributed by atoms with van der Waals surface area (Å²) in [6, 6.07) is 16.9. The van der Waals surface area contributed by atoms with Gasteiger partial charge in [0.25, 0.3) is 0 Å². The molecule has 0 amide bonds. The van der Waals surface area contributed by atoms with Crippen LogP contribution < -0.4 is 10.0 Å². The van der Waals surface area contributed by atoms with Gasteiger partial charge in [-0.05, 0) is 79.9 Å². The first-order chi connectivity index (χ1) is 15.4. The van der Waals surface area contributed by atoms with Crippen LogP contribution >= 0.6 is 0 Å². The molecule has 5 nitrogen and oxygen atoms in total. The van der Waals surface area contributed by atoms with E-state index in [0.717, 1.165) is 47.0 Å². The van der Waals surface area contributed by atoms with Gasteiger partial charge in [0.15, 0.2) is 0 Å². The summed E-state index contributed by atoms with van der Waals surface area (Å²) in [5, 5.41) is 8.06. The molecule has 6 heteroatoms. The molecule has 0 spiro atoms. The number of rotatable bonds is 7. The molecule has 1 fully saturated rings. The molecule has 1 aromatic heterocycles. The Morgan fingerprint density at radius 1 is 1.12 bits per heavy atom. The van der Waals surface area contributed by atoms with Crippen molar-refractivity contribution in [3.63, 3.8) is 0 Å². The molecule has 1 atom stereocenters. The molecule has 0 radical (unpaired) electrons. The first kappa shape index (κ1) is 22.7. The van der Waals surface area contributed by atoms with Gasteiger partial charge in [-0.2, -0.15) is 5.10 Å². The average molecular weight is 451 g/mol. The fraction of sp³-hybridized carbons (Fsp3) is 0.423. The molecule has 1 saturated heterocycles. The van der Waals surface area contributed by atoms with Crippen molar-refractivity contribution in [2.75, 3.05) is 17.8 Å². The number of hydrogen-bond donors (Lipinski definition) is 2. The van der Waals surface area contributed by atoms with E-state index >= 15 is 0 Å². The molecule has 3 aromatic rings. The maximum Gasteiger partial charge on any atom is 0.150 e. The zero-order valence-corrected chi connectivity index (χ0v) is 20.3. The standard InChI is InChI=1S/C26H34N4OS/c1-18(2)16-25-26(19(3)30(4)28-25)29-32(31)24-10-8-20(9-11-24)22-6-5-7-23(17-22)21-12-14-27-15-13-21/h5-11,17-18,21,27,29H,12-16H2,1-4H3. The third-order valence-corrected chi connectivity index (χ3v) is 7.39. The van der Waals surface area contributed by atoms with E-state index in [1.54, 1.807) is 0 Å². The minimum Gasteiger partial charge on any atom is -0.317 e. The maximum atomic E-state index is 13.1. The predicted octanol–water partition coefficient (Wildman–Crippen LogP) is 5.20. The summed E-state index contributed by atoms with van der Waals surface area (Å²) in [4.78, 5) is 0.766. The Bertz CT molecular complexity index is 1080. The van der Waals surface area contributed by atoms with Crippen molar-refractivity contribution < 1.29 is 4.21 Å². The highest BCUT2D eigenvalue weighted by molar-refractivity contribution is 7.86. The summed E-state index contributed by atoms with van der Waals surface area (Å²) in [5.74, 6) is 1.12. The molecular formula is C26H34N4OS. The van der Waals surface area contributed by atoms with E-state index < -0.39 is 11.0 Å². The molecule has 2 aromatic carbocycles. The van der Waals surface area contributed by atoms with Crippen LogP contribution in [0.25, 0.3) is 11.1 Å². The van der Waals surface area contributed by atoms with Gasteiger partial charge >= 0.3 is 0 Å². The Kier molecular flexibility index (Phi) is 7.11. The van der Waals surface area contributed by atoms with Gasteiger partial charge in [-0.3, -0.25) is 9.40 Å². The van der Waals surface area contributed by atoms with Gasteiger partial charge in [0, 0.05) is 7.05 Å². The van der Waals surface area contributed by atoms with Crippen molar-refractivity contribution in [3.8, 4) is 11.1 Å². The van der Waals surface area contributed by atoms with E-state index in [4.69, 9.17) is 0 Å². The third-order valence-electron chi connectivity index (χ3n) is 6.30. The molecule has 0 aliphatic carbocycles. The highest BCUT2D eigenvalue weighted by Gasteiger charge is 2.18. The molecule has 1 aliphatic heterocycles. The lowest BCUT2D eigenvalue weighted by atomic mass is 9.88. The second-order valence-corrected chi connectivity index (χ2v) is 10.4. The first-order valence-corrected chi connectivity index (χ1v) is 12.7. The number of anilines is 1. The van der Waals surface area contributed by atoms with Gasteiger partial charge < -0.3 is 5.32 Å². The number of nitrogens with one attached hydrogen (secondary N) is 2. The van der Waals surface area contributed by atoms with Crippen LogP contribution in [-0.2, 0) is 24.5 Å². The van der Waals surface area contributed by atoms with Crippen LogP contribution in [0.1, 0.15) is 49.6 Å². The normalized spacial score (nSPS) is 15.8. The lowest BCUT2D eigenvalue weighted by molar-refractivity contribution is 0.460. The van der Waals surface area contributed by atoms with Crippen LogP contribution in [0.15, 0.2) is 53.4 Å². The topological polar surface area (TPSA) is 59.0 Å². The van der Waals surface area contributed by atoms with Gasteiger partial charge in [-0.15, -0.1) is 0 Å². The van der Waals surface area contributed by atoms with E-state index in [1.807, 2.05) is 30.8 Å². The van der Waals surface area contributed by atoms with Crippen LogP contribution in [0, 0.1) is 12.8 Å². The minimum atomic E-state index is -1.34. The molecule has 1 aliphatic rings. The molecule has 2 heterocycles. The SMILES string of the molecule is Cc1c(NS(=O)c2ccc(-c3cccc(C4CCNCC4)c3)cc2)c(CC(C)C)nn1C. The fourth-order valence-electron chi connectivity index (χ4n) is 4.39. The monoisotopic (exact) mass is 450 g/mol. The molecule has 1 unspecified atom stereocenters. The maximum absolute atomic E-state index is 13.1. The molecule has 170 valence electrons. The van der Waals surface area contributed by atoms with Crippen LogP contribution in [0.4, 0.5) is 5.69 Å². The second-order valence-electron chi connectivity index (χ2n) is 9.17. The number of benzene rings is 2. The second kappa shape index (κ2) is 10.0. The Hall–Kier alpha value is -2.44. The van der Waals surface area contributed by atoms with E-state index in [2.05, 4.69) is 65.4 Å². The molecule has 2 N–H and O–H groups in total. The van der Waals surface area contributed by atoms with Gasteiger partial charge in [0.05, 0.1) is 22.0 Å². The lowest BCUT2D eigenvalue weighted by Gasteiger charge is -2.23. The summed E-state index contributed by atoms with van der Waals surface area (Å²) in [6.07, 6.45) is 3.24. The van der Waals surface area contributed by atoms with E-state index in [9.17, 15) is 4.21 Å². The van der Waals surface area contributed by atoms with E-state index in [-0.39, 0.29) is 0 Å². The number of hydrogen-bond acceptors (Lipinski definition) is 3. The van der Waals surface area contributed by atoms with Crippen molar-refractivity contribution in [2.45, 2.75) is 50.8 Å². The van der Waals surface area contributed by atoms with Crippen molar-refractivity contribution in [2.24, 2.45) is 13.0 Å². The minimum absolute atomic E-state index is 0.484. The van der Waals surface area contributed by atoms with Crippen molar-refractivity contribution in [1.82, 2.24) is 15.1 Å². The summed E-state index contributed by atoms with van der Waals surface area (Å²) in [5.41, 5.74) is 6.65. The highest BCUT2D eigenvalue weighted by Crippen LogP contribution is 2.30. The first-order valence-electron chi connectivity index (χ1n) is 11.5. The average Bonchev–Trinajstić information content (AvgIpc) is 3.06. The molecular weight excluding hydrogens is 416 g/mol. The third kappa shape index (κ3) is 5.13. The van der Waals surface area contributed by atoms with Crippen LogP contribution in [0.5, 0.6) is 0 Å². The van der Waals surface area contributed by atoms with Gasteiger partial charge in [0.2, 0.25) is 0 Å². The molecule has 0 saturated carbocycles. The summed E-state index contributed by atoms with van der Waals surface area (Å²) >= 11 is 0. The van der Waals surface area contributed by atoms with Gasteiger partial charge in [-0.25, -0.2) is 4.21 Å². The number of aryl methyl sites for hydroxylation is 1. The largest absolute Gasteiger partial charge is 0.317 e. The Morgan fingerprint density at radius 3 is 2.53 bits per heavy atom.